The number of hydrogen-bond donors (Lipinski definition) is 1. The fraction of sp³-hybridized carbons (Fsp3) is 1.00. The minimum atomic E-state index is 0.522. The van der Waals surface area contributed by atoms with Gasteiger partial charge >= 0.3 is 0 Å². The van der Waals surface area contributed by atoms with Crippen molar-refractivity contribution < 1.29 is 0 Å². The molecule has 0 amide bonds. The number of piperazine rings is 1. The minimum absolute atomic E-state index is 0.522. The Bertz CT molecular complexity index is 253. The molecule has 2 heteroatoms. The third-order valence-electron chi connectivity index (χ3n) is 5.17. The van der Waals surface area contributed by atoms with E-state index in [1.54, 1.807) is 0 Å². The van der Waals surface area contributed by atoms with Crippen LogP contribution in [0, 0.1) is 5.92 Å². The molecule has 0 radical (unpaired) electrons. The van der Waals surface area contributed by atoms with Crippen LogP contribution in [-0.4, -0.2) is 35.6 Å². The summed E-state index contributed by atoms with van der Waals surface area (Å²) in [5, 5.41) is 3.76. The largest absolute Gasteiger partial charge is 0.311 e. The van der Waals surface area contributed by atoms with E-state index < -0.39 is 0 Å². The van der Waals surface area contributed by atoms with Crippen molar-refractivity contribution in [1.29, 1.82) is 0 Å². The molecule has 3 aliphatic rings. The lowest BCUT2D eigenvalue weighted by atomic mass is 9.92. The van der Waals surface area contributed by atoms with Crippen LogP contribution in [-0.2, 0) is 0 Å². The van der Waals surface area contributed by atoms with E-state index in [0.29, 0.717) is 5.54 Å². The van der Waals surface area contributed by atoms with Gasteiger partial charge in [-0.25, -0.2) is 0 Å². The van der Waals surface area contributed by atoms with Crippen LogP contribution in [0.15, 0.2) is 0 Å². The van der Waals surface area contributed by atoms with Crippen LogP contribution >= 0.6 is 0 Å². The Labute approximate surface area is 99.8 Å². The molecular weight excluding hydrogens is 196 g/mol. The second-order valence-electron chi connectivity index (χ2n) is 6.56. The first-order valence-corrected chi connectivity index (χ1v) is 7.19. The van der Waals surface area contributed by atoms with Gasteiger partial charge in [-0.1, -0.05) is 12.8 Å². The van der Waals surface area contributed by atoms with Crippen LogP contribution in [0.3, 0.4) is 0 Å². The summed E-state index contributed by atoms with van der Waals surface area (Å²) in [7, 11) is 0. The standard InChI is InChI=1S/C14H26N2/c1-11-9-15-13(12-5-6-12)10-16(11)14(2)7-3-4-8-14/h11-13,15H,3-10H2,1-2H3. The molecule has 1 heterocycles. The first kappa shape index (κ1) is 11.0. The lowest BCUT2D eigenvalue weighted by Crippen LogP contribution is -2.62. The molecule has 1 N–H and O–H groups in total. The summed E-state index contributed by atoms with van der Waals surface area (Å²) in [6.07, 6.45) is 8.68. The Hall–Kier alpha value is -0.0800. The molecule has 2 aliphatic carbocycles. The van der Waals surface area contributed by atoms with Gasteiger partial charge in [-0.05, 0) is 45.4 Å². The molecule has 2 unspecified atom stereocenters. The van der Waals surface area contributed by atoms with Gasteiger partial charge in [-0.2, -0.15) is 0 Å². The first-order chi connectivity index (χ1) is 7.69. The van der Waals surface area contributed by atoms with E-state index in [2.05, 4.69) is 24.1 Å². The van der Waals surface area contributed by atoms with E-state index in [9.17, 15) is 0 Å². The smallest absolute Gasteiger partial charge is 0.0224 e. The summed E-state index contributed by atoms with van der Waals surface area (Å²) in [5.41, 5.74) is 0.522. The Morgan fingerprint density at radius 1 is 1.19 bits per heavy atom. The van der Waals surface area contributed by atoms with Gasteiger partial charge in [0.25, 0.3) is 0 Å². The van der Waals surface area contributed by atoms with Crippen molar-refractivity contribution in [3.8, 4) is 0 Å². The van der Waals surface area contributed by atoms with Gasteiger partial charge in [0, 0.05) is 30.7 Å². The highest BCUT2D eigenvalue weighted by molar-refractivity contribution is 5.00. The van der Waals surface area contributed by atoms with E-state index in [1.807, 2.05) is 0 Å². The molecule has 2 saturated carbocycles. The summed E-state index contributed by atoms with van der Waals surface area (Å²) in [4.78, 5) is 2.83. The highest BCUT2D eigenvalue weighted by Crippen LogP contribution is 2.40. The summed E-state index contributed by atoms with van der Waals surface area (Å²) >= 11 is 0. The van der Waals surface area contributed by atoms with E-state index in [4.69, 9.17) is 0 Å². The Balaban J connectivity index is 1.70. The van der Waals surface area contributed by atoms with E-state index in [0.717, 1.165) is 18.0 Å². The van der Waals surface area contributed by atoms with Crippen molar-refractivity contribution in [1.82, 2.24) is 10.2 Å². The predicted molar refractivity (Wildman–Crippen MR) is 67.6 cm³/mol. The second kappa shape index (κ2) is 3.99. The highest BCUT2D eigenvalue weighted by Gasteiger charge is 2.43. The van der Waals surface area contributed by atoms with Crippen molar-refractivity contribution in [2.24, 2.45) is 5.92 Å². The molecule has 0 bridgehead atoms. The molecule has 0 aromatic carbocycles. The van der Waals surface area contributed by atoms with Gasteiger partial charge < -0.3 is 5.32 Å². The van der Waals surface area contributed by atoms with Gasteiger partial charge in [0.15, 0.2) is 0 Å². The van der Waals surface area contributed by atoms with Crippen LogP contribution < -0.4 is 5.32 Å². The van der Waals surface area contributed by atoms with Crippen LogP contribution in [0.5, 0.6) is 0 Å². The maximum Gasteiger partial charge on any atom is 0.0224 e. The minimum Gasteiger partial charge on any atom is -0.311 e. The third kappa shape index (κ3) is 1.91. The number of nitrogens with one attached hydrogen (secondary N) is 1. The van der Waals surface area contributed by atoms with Crippen LogP contribution in [0.4, 0.5) is 0 Å². The Kier molecular flexibility index (Phi) is 2.75. The summed E-state index contributed by atoms with van der Waals surface area (Å²) < 4.78 is 0. The monoisotopic (exact) mass is 222 g/mol. The average Bonchev–Trinajstić information content (AvgIpc) is 3.02. The summed E-state index contributed by atoms with van der Waals surface area (Å²) in [5.74, 6) is 1.00. The molecule has 3 fully saturated rings. The summed E-state index contributed by atoms with van der Waals surface area (Å²) in [6, 6.07) is 1.53. The molecule has 1 aliphatic heterocycles. The zero-order valence-corrected chi connectivity index (χ0v) is 10.8. The zero-order valence-electron chi connectivity index (χ0n) is 10.8. The van der Waals surface area contributed by atoms with Crippen molar-refractivity contribution in [3.05, 3.63) is 0 Å². The molecule has 3 rings (SSSR count). The first-order valence-electron chi connectivity index (χ1n) is 7.19. The fourth-order valence-electron chi connectivity index (χ4n) is 3.88. The fourth-order valence-corrected chi connectivity index (χ4v) is 3.88. The lowest BCUT2D eigenvalue weighted by molar-refractivity contribution is 0.0271. The SMILES string of the molecule is CC1CNC(C2CC2)CN1C1(C)CCCC1. The van der Waals surface area contributed by atoms with Gasteiger partial charge in [0.05, 0.1) is 0 Å². The molecule has 0 spiro atoms. The third-order valence-corrected chi connectivity index (χ3v) is 5.17. The van der Waals surface area contributed by atoms with Crippen LogP contribution in [0.1, 0.15) is 52.4 Å². The number of rotatable bonds is 2. The van der Waals surface area contributed by atoms with Crippen LogP contribution in [0.2, 0.25) is 0 Å². The normalized spacial score (nSPS) is 40.1. The zero-order chi connectivity index (χ0) is 11.2. The molecular formula is C14H26N2. The van der Waals surface area contributed by atoms with Crippen molar-refractivity contribution in [3.63, 3.8) is 0 Å². The summed E-state index contributed by atoms with van der Waals surface area (Å²) in [6.45, 7) is 7.42. The average molecular weight is 222 g/mol. The Morgan fingerprint density at radius 3 is 2.50 bits per heavy atom. The van der Waals surface area contributed by atoms with Gasteiger partial charge in [0.2, 0.25) is 0 Å². The van der Waals surface area contributed by atoms with Gasteiger partial charge in [0.1, 0.15) is 0 Å². The Morgan fingerprint density at radius 2 is 1.88 bits per heavy atom. The maximum atomic E-state index is 3.76. The molecule has 1 saturated heterocycles. The molecule has 2 nitrogen and oxygen atoms in total. The van der Waals surface area contributed by atoms with Crippen molar-refractivity contribution in [2.75, 3.05) is 13.1 Å². The maximum absolute atomic E-state index is 3.76. The van der Waals surface area contributed by atoms with Gasteiger partial charge in [-0.15, -0.1) is 0 Å². The number of hydrogen-bond acceptors (Lipinski definition) is 2. The molecule has 16 heavy (non-hydrogen) atoms. The van der Waals surface area contributed by atoms with Crippen molar-refractivity contribution in [2.45, 2.75) is 70.0 Å². The topological polar surface area (TPSA) is 15.3 Å². The van der Waals surface area contributed by atoms with E-state index in [-0.39, 0.29) is 0 Å². The molecule has 0 aromatic rings. The molecule has 92 valence electrons. The van der Waals surface area contributed by atoms with Gasteiger partial charge in [-0.3, -0.25) is 4.90 Å². The highest BCUT2D eigenvalue weighted by atomic mass is 15.3. The van der Waals surface area contributed by atoms with E-state index in [1.165, 1.54) is 51.6 Å². The second-order valence-corrected chi connectivity index (χ2v) is 6.56. The van der Waals surface area contributed by atoms with Crippen LogP contribution in [0.25, 0.3) is 0 Å². The molecule has 0 aromatic heterocycles. The van der Waals surface area contributed by atoms with E-state index >= 15 is 0 Å². The number of nitrogens with zero attached hydrogens (tertiary/aromatic N) is 1. The quantitative estimate of drug-likeness (QED) is 0.772. The lowest BCUT2D eigenvalue weighted by Gasteiger charge is -2.48. The molecule has 2 atom stereocenters. The van der Waals surface area contributed by atoms with Crippen molar-refractivity contribution >= 4 is 0 Å². The predicted octanol–water partition coefficient (Wildman–Crippen LogP) is 2.39.